The summed E-state index contributed by atoms with van der Waals surface area (Å²) in [6, 6.07) is 14.5. The van der Waals surface area contributed by atoms with Crippen LogP contribution in [0.1, 0.15) is 11.1 Å². The van der Waals surface area contributed by atoms with Crippen molar-refractivity contribution in [3.05, 3.63) is 66.1 Å². The molecule has 124 valence electrons. The van der Waals surface area contributed by atoms with Gasteiger partial charge in [-0.25, -0.2) is 9.97 Å². The standard InChI is InChI=1S/C18H16N6S/c1-12-3-2-4-14(7-12)22-18-15-8-13(5-6-16(15)19-11-20-18)10-25-17-9-21-24-23-17/h2-9,11H,10H2,1H3,(H,19,20,22)(H,21,23,24). The molecule has 4 aromatic rings. The molecule has 0 aliphatic heterocycles. The summed E-state index contributed by atoms with van der Waals surface area (Å²) in [7, 11) is 0. The van der Waals surface area contributed by atoms with E-state index in [0.29, 0.717) is 0 Å². The number of anilines is 2. The molecular formula is C18H16N6S. The highest BCUT2D eigenvalue weighted by Crippen LogP contribution is 2.27. The van der Waals surface area contributed by atoms with Gasteiger partial charge in [-0.3, -0.25) is 0 Å². The van der Waals surface area contributed by atoms with E-state index in [9.17, 15) is 0 Å². The topological polar surface area (TPSA) is 79.4 Å². The van der Waals surface area contributed by atoms with Crippen LogP contribution in [0.4, 0.5) is 11.5 Å². The molecule has 25 heavy (non-hydrogen) atoms. The zero-order valence-corrected chi connectivity index (χ0v) is 14.4. The van der Waals surface area contributed by atoms with Crippen molar-refractivity contribution in [2.45, 2.75) is 17.7 Å². The predicted octanol–water partition coefficient (Wildman–Crippen LogP) is 4.09. The van der Waals surface area contributed by atoms with Crippen molar-refractivity contribution < 1.29 is 0 Å². The Bertz CT molecular complexity index is 1000. The molecule has 0 atom stereocenters. The Kier molecular flexibility index (Phi) is 4.30. The Morgan fingerprint density at radius 1 is 1.12 bits per heavy atom. The van der Waals surface area contributed by atoms with Gasteiger partial charge in [0.15, 0.2) is 0 Å². The summed E-state index contributed by atoms with van der Waals surface area (Å²) in [6.45, 7) is 2.07. The SMILES string of the molecule is Cc1cccc(Nc2ncnc3ccc(CSc4cn[nH]n4)cc23)c1. The van der Waals surface area contributed by atoms with E-state index in [1.165, 1.54) is 11.1 Å². The average molecular weight is 348 g/mol. The fourth-order valence-corrected chi connectivity index (χ4v) is 3.30. The first-order valence-electron chi connectivity index (χ1n) is 7.84. The van der Waals surface area contributed by atoms with Crippen LogP contribution in [0.25, 0.3) is 10.9 Å². The highest BCUT2D eigenvalue weighted by atomic mass is 32.2. The lowest BCUT2D eigenvalue weighted by Gasteiger charge is -2.10. The minimum Gasteiger partial charge on any atom is -0.340 e. The number of rotatable bonds is 5. The van der Waals surface area contributed by atoms with Crippen molar-refractivity contribution in [2.24, 2.45) is 0 Å². The van der Waals surface area contributed by atoms with Crippen LogP contribution in [0.3, 0.4) is 0 Å². The number of fused-ring (bicyclic) bond motifs is 1. The van der Waals surface area contributed by atoms with Crippen LogP contribution in [0, 0.1) is 6.92 Å². The van der Waals surface area contributed by atoms with Crippen molar-refractivity contribution >= 4 is 34.2 Å². The molecule has 0 spiro atoms. The Morgan fingerprint density at radius 2 is 2.08 bits per heavy atom. The number of nitrogens with zero attached hydrogens (tertiary/aromatic N) is 4. The minimum absolute atomic E-state index is 0.807. The average Bonchev–Trinajstić information content (AvgIpc) is 3.14. The fraction of sp³-hybridized carbons (Fsp3) is 0.111. The molecule has 0 aliphatic rings. The summed E-state index contributed by atoms with van der Waals surface area (Å²) in [5, 5.41) is 15.8. The Hall–Kier alpha value is -2.93. The number of hydrogen-bond acceptors (Lipinski definition) is 6. The molecular weight excluding hydrogens is 332 g/mol. The van der Waals surface area contributed by atoms with Gasteiger partial charge in [-0.2, -0.15) is 10.3 Å². The Morgan fingerprint density at radius 3 is 2.92 bits per heavy atom. The van der Waals surface area contributed by atoms with Crippen LogP contribution in [0.2, 0.25) is 0 Å². The van der Waals surface area contributed by atoms with Crippen molar-refractivity contribution in [2.75, 3.05) is 5.32 Å². The van der Waals surface area contributed by atoms with Crippen molar-refractivity contribution in [3.63, 3.8) is 0 Å². The first kappa shape index (κ1) is 15.6. The summed E-state index contributed by atoms with van der Waals surface area (Å²) >= 11 is 1.63. The molecule has 0 aliphatic carbocycles. The molecule has 6 nitrogen and oxygen atoms in total. The molecule has 0 amide bonds. The van der Waals surface area contributed by atoms with Crippen molar-refractivity contribution in [3.8, 4) is 0 Å². The van der Waals surface area contributed by atoms with E-state index in [2.05, 4.69) is 61.9 Å². The number of H-pyrrole nitrogens is 1. The molecule has 0 saturated carbocycles. The van der Waals surface area contributed by atoms with Gasteiger partial charge in [-0.05, 0) is 42.3 Å². The minimum atomic E-state index is 0.807. The first-order valence-corrected chi connectivity index (χ1v) is 8.82. The maximum atomic E-state index is 4.43. The van der Waals surface area contributed by atoms with Gasteiger partial charge >= 0.3 is 0 Å². The van der Waals surface area contributed by atoms with E-state index in [1.54, 1.807) is 24.3 Å². The number of aromatic amines is 1. The smallest absolute Gasteiger partial charge is 0.141 e. The van der Waals surface area contributed by atoms with E-state index < -0.39 is 0 Å². The normalized spacial score (nSPS) is 10.9. The second kappa shape index (κ2) is 6.90. The predicted molar refractivity (Wildman–Crippen MR) is 99.9 cm³/mol. The van der Waals surface area contributed by atoms with E-state index in [0.717, 1.165) is 33.2 Å². The second-order valence-corrected chi connectivity index (χ2v) is 6.66. The highest BCUT2D eigenvalue weighted by molar-refractivity contribution is 7.98. The molecule has 0 radical (unpaired) electrons. The van der Waals surface area contributed by atoms with E-state index >= 15 is 0 Å². The van der Waals surface area contributed by atoms with Crippen LogP contribution in [0.15, 0.2) is 60.0 Å². The van der Waals surface area contributed by atoms with Crippen LogP contribution in [0.5, 0.6) is 0 Å². The molecule has 2 N–H and O–H groups in total. The molecule has 0 saturated heterocycles. The third kappa shape index (κ3) is 3.61. The largest absolute Gasteiger partial charge is 0.340 e. The summed E-state index contributed by atoms with van der Waals surface area (Å²) in [5.41, 5.74) is 4.32. The zero-order chi connectivity index (χ0) is 17.1. The summed E-state index contributed by atoms with van der Waals surface area (Å²) < 4.78 is 0. The first-order chi connectivity index (χ1) is 12.3. The Labute approximate surface area is 149 Å². The quantitative estimate of drug-likeness (QED) is 0.529. The van der Waals surface area contributed by atoms with Gasteiger partial charge in [0, 0.05) is 16.8 Å². The lowest BCUT2D eigenvalue weighted by Crippen LogP contribution is -1.97. The lowest BCUT2D eigenvalue weighted by molar-refractivity contribution is 0.911. The van der Waals surface area contributed by atoms with Crippen molar-refractivity contribution in [1.29, 1.82) is 0 Å². The van der Waals surface area contributed by atoms with Gasteiger partial charge < -0.3 is 5.32 Å². The van der Waals surface area contributed by atoms with Crippen LogP contribution >= 0.6 is 11.8 Å². The van der Waals surface area contributed by atoms with Gasteiger partial charge in [0.1, 0.15) is 17.2 Å². The second-order valence-electron chi connectivity index (χ2n) is 5.67. The summed E-state index contributed by atoms with van der Waals surface area (Å²) in [6.07, 6.45) is 3.31. The zero-order valence-electron chi connectivity index (χ0n) is 13.6. The molecule has 2 aromatic heterocycles. The molecule has 0 unspecified atom stereocenters. The number of hydrogen-bond donors (Lipinski definition) is 2. The van der Waals surface area contributed by atoms with Gasteiger partial charge in [0.25, 0.3) is 0 Å². The fourth-order valence-electron chi connectivity index (χ4n) is 2.57. The number of benzene rings is 2. The molecule has 2 heterocycles. The third-order valence-electron chi connectivity index (χ3n) is 3.76. The lowest BCUT2D eigenvalue weighted by atomic mass is 10.1. The van der Waals surface area contributed by atoms with E-state index in [1.807, 2.05) is 18.2 Å². The summed E-state index contributed by atoms with van der Waals surface area (Å²) in [4.78, 5) is 8.79. The van der Waals surface area contributed by atoms with Crippen LogP contribution < -0.4 is 5.32 Å². The number of nitrogens with one attached hydrogen (secondary N) is 2. The number of thioether (sulfide) groups is 1. The summed E-state index contributed by atoms with van der Waals surface area (Å²) in [5.74, 6) is 1.62. The van der Waals surface area contributed by atoms with E-state index in [-0.39, 0.29) is 0 Å². The number of aromatic nitrogens is 5. The molecule has 7 heteroatoms. The maximum Gasteiger partial charge on any atom is 0.141 e. The third-order valence-corrected chi connectivity index (χ3v) is 4.73. The monoisotopic (exact) mass is 348 g/mol. The van der Waals surface area contributed by atoms with Gasteiger partial charge in [-0.15, -0.1) is 5.10 Å². The van der Waals surface area contributed by atoms with Crippen LogP contribution in [-0.2, 0) is 5.75 Å². The van der Waals surface area contributed by atoms with Gasteiger partial charge in [0.2, 0.25) is 0 Å². The molecule has 0 bridgehead atoms. The van der Waals surface area contributed by atoms with Crippen LogP contribution in [-0.4, -0.2) is 25.4 Å². The maximum absolute atomic E-state index is 4.43. The van der Waals surface area contributed by atoms with Gasteiger partial charge in [-0.1, -0.05) is 30.0 Å². The Balaban J connectivity index is 1.63. The highest BCUT2D eigenvalue weighted by Gasteiger charge is 2.07. The molecule has 0 fully saturated rings. The van der Waals surface area contributed by atoms with E-state index in [4.69, 9.17) is 0 Å². The molecule has 2 aromatic carbocycles. The van der Waals surface area contributed by atoms with Gasteiger partial charge in [0.05, 0.1) is 11.7 Å². The van der Waals surface area contributed by atoms with Crippen molar-refractivity contribution in [1.82, 2.24) is 25.4 Å². The number of aryl methyl sites for hydroxylation is 1. The molecule has 4 rings (SSSR count).